The van der Waals surface area contributed by atoms with Crippen molar-refractivity contribution >= 4 is 16.1 Å². The van der Waals surface area contributed by atoms with Crippen LogP contribution in [0.2, 0.25) is 0 Å². The molecular weight excluding hydrogens is 342 g/mol. The number of rotatable bonds is 3. The number of hydrogen-bond acceptors (Lipinski definition) is 4. The Labute approximate surface area is 149 Å². The Morgan fingerprint density at radius 2 is 1.72 bits per heavy atom. The lowest BCUT2D eigenvalue weighted by Gasteiger charge is -2.37. The first-order valence-corrected chi connectivity index (χ1v) is 10.1. The van der Waals surface area contributed by atoms with Gasteiger partial charge in [-0.3, -0.25) is 0 Å². The van der Waals surface area contributed by atoms with Crippen molar-refractivity contribution in [3.63, 3.8) is 0 Å². The van der Waals surface area contributed by atoms with E-state index in [9.17, 15) is 13.2 Å². The van der Waals surface area contributed by atoms with E-state index in [0.29, 0.717) is 39.4 Å². The molecule has 0 spiro atoms. The lowest BCUT2D eigenvalue weighted by Crippen LogP contribution is -2.53. The Bertz CT molecular complexity index is 702. The molecule has 2 saturated heterocycles. The fourth-order valence-electron chi connectivity index (χ4n) is 3.45. The molecule has 0 aromatic heterocycles. The van der Waals surface area contributed by atoms with Crippen LogP contribution in [0.4, 0.5) is 4.79 Å². The Kier molecular flexibility index (Phi) is 5.31. The fraction of sp³-hybridized carbons (Fsp3) is 0.588. The van der Waals surface area contributed by atoms with Gasteiger partial charge in [-0.25, -0.2) is 13.2 Å². The maximum atomic E-state index is 13.0. The average molecular weight is 367 g/mol. The lowest BCUT2D eigenvalue weighted by atomic mass is 10.1. The van der Waals surface area contributed by atoms with Crippen LogP contribution in [-0.4, -0.2) is 74.1 Å². The number of hydrogen-bond donors (Lipinski definition) is 0. The lowest BCUT2D eigenvalue weighted by molar-refractivity contribution is 0.0370. The highest BCUT2D eigenvalue weighted by Crippen LogP contribution is 2.29. The summed E-state index contributed by atoms with van der Waals surface area (Å²) in [6, 6.07) is 8.30. The molecule has 3 rings (SSSR count). The minimum atomic E-state index is -3.63. The normalized spacial score (nSPS) is 22.6. The van der Waals surface area contributed by atoms with Crippen molar-refractivity contribution in [2.75, 3.05) is 39.4 Å². The summed E-state index contributed by atoms with van der Waals surface area (Å²) >= 11 is 0. The van der Waals surface area contributed by atoms with Crippen LogP contribution >= 0.6 is 0 Å². The van der Waals surface area contributed by atoms with Crippen molar-refractivity contribution in [1.82, 2.24) is 14.1 Å². The predicted molar refractivity (Wildman–Crippen MR) is 93.5 cm³/mol. The SMILES string of the molecule is CC(C)[C@@H]1N(C(=O)N2CCOCC2)CCN1S(=O)(=O)c1ccccc1. The minimum Gasteiger partial charge on any atom is -0.378 e. The van der Waals surface area contributed by atoms with Gasteiger partial charge in [0.15, 0.2) is 0 Å². The third kappa shape index (κ3) is 3.51. The standard InChI is InChI=1S/C17H25N3O4S/c1-14(2)16-19(17(21)18-10-12-24-13-11-18)8-9-20(16)25(22,23)15-6-4-3-5-7-15/h3-7,14,16H,8-13H2,1-2H3/t16-/m1/s1. The van der Waals surface area contributed by atoms with Gasteiger partial charge >= 0.3 is 6.03 Å². The number of nitrogens with zero attached hydrogens (tertiary/aromatic N) is 3. The smallest absolute Gasteiger partial charge is 0.321 e. The van der Waals surface area contributed by atoms with Gasteiger partial charge in [-0.05, 0) is 18.1 Å². The van der Waals surface area contributed by atoms with E-state index in [4.69, 9.17) is 4.74 Å². The van der Waals surface area contributed by atoms with Gasteiger partial charge in [0.25, 0.3) is 0 Å². The zero-order chi connectivity index (χ0) is 18.0. The van der Waals surface area contributed by atoms with Crippen molar-refractivity contribution in [2.24, 2.45) is 5.92 Å². The van der Waals surface area contributed by atoms with Crippen LogP contribution < -0.4 is 0 Å². The number of morpholine rings is 1. The second kappa shape index (κ2) is 7.31. The van der Waals surface area contributed by atoms with E-state index in [1.807, 2.05) is 13.8 Å². The van der Waals surface area contributed by atoms with E-state index in [0.717, 1.165) is 0 Å². The van der Waals surface area contributed by atoms with Gasteiger partial charge in [-0.15, -0.1) is 0 Å². The summed E-state index contributed by atoms with van der Waals surface area (Å²) in [7, 11) is -3.63. The molecule has 0 aliphatic carbocycles. The Morgan fingerprint density at radius 3 is 2.32 bits per heavy atom. The molecule has 2 heterocycles. The van der Waals surface area contributed by atoms with E-state index in [1.165, 1.54) is 4.31 Å². The van der Waals surface area contributed by atoms with Gasteiger partial charge in [0.05, 0.1) is 18.1 Å². The molecule has 8 heteroatoms. The summed E-state index contributed by atoms with van der Waals surface area (Å²) < 4.78 is 32.9. The molecule has 1 aromatic carbocycles. The van der Waals surface area contributed by atoms with Crippen LogP contribution in [-0.2, 0) is 14.8 Å². The fourth-order valence-corrected chi connectivity index (χ4v) is 5.19. The molecule has 2 fully saturated rings. The van der Waals surface area contributed by atoms with Gasteiger partial charge in [-0.1, -0.05) is 32.0 Å². The summed E-state index contributed by atoms with van der Waals surface area (Å²) in [4.78, 5) is 16.6. The monoisotopic (exact) mass is 367 g/mol. The van der Waals surface area contributed by atoms with Crippen LogP contribution in [0.5, 0.6) is 0 Å². The molecule has 0 bridgehead atoms. The largest absolute Gasteiger partial charge is 0.378 e. The Morgan fingerprint density at radius 1 is 1.08 bits per heavy atom. The molecule has 1 atom stereocenters. The maximum Gasteiger partial charge on any atom is 0.321 e. The van der Waals surface area contributed by atoms with Crippen LogP contribution in [0.15, 0.2) is 35.2 Å². The van der Waals surface area contributed by atoms with E-state index >= 15 is 0 Å². The molecule has 25 heavy (non-hydrogen) atoms. The number of carbonyl (C=O) groups excluding carboxylic acids is 1. The second-order valence-corrected chi connectivity index (χ2v) is 8.55. The number of urea groups is 1. The third-order valence-corrected chi connectivity index (χ3v) is 6.53. The van der Waals surface area contributed by atoms with Crippen molar-refractivity contribution in [2.45, 2.75) is 24.9 Å². The van der Waals surface area contributed by atoms with Crippen LogP contribution in [0, 0.1) is 5.92 Å². The molecule has 2 amide bonds. The molecule has 7 nitrogen and oxygen atoms in total. The summed E-state index contributed by atoms with van der Waals surface area (Å²) in [5, 5.41) is 0. The quantitative estimate of drug-likeness (QED) is 0.810. The first-order valence-electron chi connectivity index (χ1n) is 8.63. The number of amides is 2. The molecule has 1 aromatic rings. The van der Waals surface area contributed by atoms with E-state index in [2.05, 4.69) is 0 Å². The Balaban J connectivity index is 1.86. The van der Waals surface area contributed by atoms with Crippen molar-refractivity contribution in [3.8, 4) is 0 Å². The molecule has 0 saturated carbocycles. The van der Waals surface area contributed by atoms with Gasteiger partial charge in [0.2, 0.25) is 10.0 Å². The third-order valence-electron chi connectivity index (χ3n) is 4.65. The topological polar surface area (TPSA) is 70.2 Å². The number of carbonyl (C=O) groups is 1. The maximum absolute atomic E-state index is 13.0. The molecule has 2 aliphatic rings. The molecule has 138 valence electrons. The number of sulfonamides is 1. The summed E-state index contributed by atoms with van der Waals surface area (Å²) in [5.41, 5.74) is 0. The number of benzene rings is 1. The molecule has 0 radical (unpaired) electrons. The molecule has 0 unspecified atom stereocenters. The highest BCUT2D eigenvalue weighted by Gasteiger charge is 2.44. The van der Waals surface area contributed by atoms with Crippen molar-refractivity contribution in [1.29, 1.82) is 0 Å². The average Bonchev–Trinajstić information content (AvgIpc) is 3.09. The summed E-state index contributed by atoms with van der Waals surface area (Å²) in [6.45, 7) is 6.76. The first-order chi connectivity index (χ1) is 11.9. The molecule has 2 aliphatic heterocycles. The minimum absolute atomic E-state index is 0.00835. The summed E-state index contributed by atoms with van der Waals surface area (Å²) in [5.74, 6) is -0.00835. The van der Waals surface area contributed by atoms with Crippen LogP contribution in [0.3, 0.4) is 0 Å². The summed E-state index contributed by atoms with van der Waals surface area (Å²) in [6.07, 6.45) is -0.472. The highest BCUT2D eigenvalue weighted by atomic mass is 32.2. The molecular formula is C17H25N3O4S. The van der Waals surface area contributed by atoms with Crippen LogP contribution in [0.25, 0.3) is 0 Å². The van der Waals surface area contributed by atoms with E-state index in [-0.39, 0.29) is 16.8 Å². The highest BCUT2D eigenvalue weighted by molar-refractivity contribution is 7.89. The van der Waals surface area contributed by atoms with Crippen LogP contribution in [0.1, 0.15) is 13.8 Å². The number of ether oxygens (including phenoxy) is 1. The predicted octanol–water partition coefficient (Wildman–Crippen LogP) is 1.43. The van der Waals surface area contributed by atoms with Gasteiger partial charge in [0.1, 0.15) is 6.17 Å². The Hall–Kier alpha value is -1.64. The zero-order valence-corrected chi connectivity index (χ0v) is 15.5. The van der Waals surface area contributed by atoms with Gasteiger partial charge in [0, 0.05) is 26.2 Å². The van der Waals surface area contributed by atoms with E-state index < -0.39 is 16.2 Å². The molecule has 0 N–H and O–H groups in total. The van der Waals surface area contributed by atoms with E-state index in [1.54, 1.807) is 40.1 Å². The second-order valence-electron chi connectivity index (χ2n) is 6.66. The van der Waals surface area contributed by atoms with Crippen molar-refractivity contribution in [3.05, 3.63) is 30.3 Å². The zero-order valence-electron chi connectivity index (χ0n) is 14.7. The van der Waals surface area contributed by atoms with Gasteiger partial charge < -0.3 is 14.5 Å². The van der Waals surface area contributed by atoms with Crippen molar-refractivity contribution < 1.29 is 17.9 Å². The van der Waals surface area contributed by atoms with Gasteiger partial charge in [-0.2, -0.15) is 4.31 Å². The first kappa shape index (κ1) is 18.2.